The van der Waals surface area contributed by atoms with Gasteiger partial charge in [0.1, 0.15) is 17.7 Å². The van der Waals surface area contributed by atoms with Crippen LogP contribution in [-0.2, 0) is 0 Å². The van der Waals surface area contributed by atoms with Crippen molar-refractivity contribution in [3.63, 3.8) is 0 Å². The lowest BCUT2D eigenvalue weighted by molar-refractivity contribution is 0.214. The zero-order chi connectivity index (χ0) is 13.3. The highest BCUT2D eigenvalue weighted by atomic mass is 19.1. The molecule has 94 valence electrons. The lowest BCUT2D eigenvalue weighted by Crippen LogP contribution is -2.05. The average Bonchev–Trinajstić information content (AvgIpc) is 2.28. The summed E-state index contributed by atoms with van der Waals surface area (Å²) in [6.45, 7) is 3.80. The zero-order valence-corrected chi connectivity index (χ0v) is 10.2. The maximum absolute atomic E-state index is 13.6. The highest BCUT2D eigenvalue weighted by molar-refractivity contribution is 5.37. The first kappa shape index (κ1) is 12.7. The van der Waals surface area contributed by atoms with Gasteiger partial charge in [-0.3, -0.25) is 0 Å². The quantitative estimate of drug-likeness (QED) is 0.859. The standard InChI is InChI=1S/C15H14F2O/c1-9-3-5-12(10(2)7-9)15(18)13-6-4-11(16)8-14(13)17/h3-8,15,18H,1-2H3. The molecular weight excluding hydrogens is 234 g/mol. The molecule has 0 fully saturated rings. The molecule has 0 aliphatic carbocycles. The SMILES string of the molecule is Cc1ccc(C(O)c2ccc(F)cc2F)c(C)c1. The van der Waals surface area contributed by atoms with Crippen molar-refractivity contribution in [2.75, 3.05) is 0 Å². The largest absolute Gasteiger partial charge is 0.384 e. The van der Waals surface area contributed by atoms with Gasteiger partial charge in [-0.05, 0) is 31.0 Å². The molecular formula is C15H14F2O. The number of hydrogen-bond donors (Lipinski definition) is 1. The van der Waals surface area contributed by atoms with E-state index in [2.05, 4.69) is 0 Å². The Morgan fingerprint density at radius 1 is 0.944 bits per heavy atom. The normalized spacial score (nSPS) is 12.5. The first-order chi connectivity index (χ1) is 8.49. The summed E-state index contributed by atoms with van der Waals surface area (Å²) in [5.74, 6) is -1.38. The van der Waals surface area contributed by atoms with Gasteiger partial charge >= 0.3 is 0 Å². The molecule has 2 aromatic rings. The van der Waals surface area contributed by atoms with Crippen LogP contribution in [0.25, 0.3) is 0 Å². The molecule has 1 N–H and O–H groups in total. The van der Waals surface area contributed by atoms with E-state index in [1.54, 1.807) is 6.07 Å². The number of rotatable bonds is 2. The van der Waals surface area contributed by atoms with Crippen molar-refractivity contribution in [1.82, 2.24) is 0 Å². The van der Waals surface area contributed by atoms with Gasteiger partial charge in [0, 0.05) is 11.6 Å². The third kappa shape index (κ3) is 2.41. The molecule has 1 atom stereocenters. The van der Waals surface area contributed by atoms with E-state index in [9.17, 15) is 13.9 Å². The number of halogens is 2. The van der Waals surface area contributed by atoms with E-state index < -0.39 is 17.7 Å². The van der Waals surface area contributed by atoms with E-state index >= 15 is 0 Å². The molecule has 0 saturated heterocycles. The lowest BCUT2D eigenvalue weighted by atomic mass is 9.96. The van der Waals surface area contributed by atoms with Gasteiger partial charge in [0.15, 0.2) is 0 Å². The molecule has 18 heavy (non-hydrogen) atoms. The molecule has 0 bridgehead atoms. The fourth-order valence-electron chi connectivity index (χ4n) is 2.02. The van der Waals surface area contributed by atoms with Gasteiger partial charge in [-0.2, -0.15) is 0 Å². The first-order valence-electron chi connectivity index (χ1n) is 5.69. The van der Waals surface area contributed by atoms with Crippen LogP contribution in [0.3, 0.4) is 0 Å². The van der Waals surface area contributed by atoms with Crippen LogP contribution in [0.5, 0.6) is 0 Å². The topological polar surface area (TPSA) is 20.2 Å². The number of benzene rings is 2. The molecule has 0 amide bonds. The van der Waals surface area contributed by atoms with Gasteiger partial charge < -0.3 is 5.11 Å². The Hall–Kier alpha value is -1.74. The second kappa shape index (κ2) is 4.86. The van der Waals surface area contributed by atoms with Crippen LogP contribution in [0, 0.1) is 25.5 Å². The van der Waals surface area contributed by atoms with Crippen LogP contribution in [0.1, 0.15) is 28.4 Å². The molecule has 0 aliphatic heterocycles. The van der Waals surface area contributed by atoms with Crippen molar-refractivity contribution >= 4 is 0 Å². The lowest BCUT2D eigenvalue weighted by Gasteiger charge is -2.15. The molecule has 0 spiro atoms. The zero-order valence-electron chi connectivity index (χ0n) is 10.2. The van der Waals surface area contributed by atoms with Gasteiger partial charge in [0.2, 0.25) is 0 Å². The van der Waals surface area contributed by atoms with Crippen molar-refractivity contribution in [2.24, 2.45) is 0 Å². The number of hydrogen-bond acceptors (Lipinski definition) is 1. The third-order valence-electron chi connectivity index (χ3n) is 2.98. The van der Waals surface area contributed by atoms with Crippen molar-refractivity contribution in [3.05, 3.63) is 70.3 Å². The van der Waals surface area contributed by atoms with Crippen LogP contribution in [0.2, 0.25) is 0 Å². The summed E-state index contributed by atoms with van der Waals surface area (Å²) in [5, 5.41) is 10.2. The molecule has 0 saturated carbocycles. The second-order valence-electron chi connectivity index (χ2n) is 4.43. The molecule has 0 radical (unpaired) electrons. The Balaban J connectivity index is 2.44. The van der Waals surface area contributed by atoms with Crippen LogP contribution in [0.4, 0.5) is 8.78 Å². The molecule has 2 rings (SSSR count). The predicted octanol–water partition coefficient (Wildman–Crippen LogP) is 3.66. The molecule has 0 aromatic heterocycles. The highest BCUT2D eigenvalue weighted by Gasteiger charge is 2.17. The summed E-state index contributed by atoms with van der Waals surface area (Å²) in [4.78, 5) is 0. The second-order valence-corrected chi connectivity index (χ2v) is 4.43. The summed E-state index contributed by atoms with van der Waals surface area (Å²) in [7, 11) is 0. The molecule has 1 unspecified atom stereocenters. The van der Waals surface area contributed by atoms with Gasteiger partial charge in [0.05, 0.1) is 0 Å². The minimum Gasteiger partial charge on any atom is -0.384 e. The maximum Gasteiger partial charge on any atom is 0.132 e. The van der Waals surface area contributed by atoms with Gasteiger partial charge in [-0.1, -0.05) is 29.8 Å². The minimum absolute atomic E-state index is 0.0864. The molecule has 1 nitrogen and oxygen atoms in total. The fraction of sp³-hybridized carbons (Fsp3) is 0.200. The molecule has 0 aliphatic rings. The predicted molar refractivity (Wildman–Crippen MR) is 66.3 cm³/mol. The van der Waals surface area contributed by atoms with E-state index in [-0.39, 0.29) is 5.56 Å². The Bertz CT molecular complexity index is 527. The van der Waals surface area contributed by atoms with Gasteiger partial charge in [-0.25, -0.2) is 8.78 Å². The Labute approximate surface area is 105 Å². The van der Waals surface area contributed by atoms with Crippen molar-refractivity contribution in [1.29, 1.82) is 0 Å². The summed E-state index contributed by atoms with van der Waals surface area (Å²) >= 11 is 0. The van der Waals surface area contributed by atoms with Crippen LogP contribution in [0.15, 0.2) is 36.4 Å². The Morgan fingerprint density at radius 3 is 2.22 bits per heavy atom. The number of aliphatic hydroxyl groups is 1. The van der Waals surface area contributed by atoms with Gasteiger partial charge in [0.25, 0.3) is 0 Å². The van der Waals surface area contributed by atoms with E-state index in [0.29, 0.717) is 5.56 Å². The fourth-order valence-corrected chi connectivity index (χ4v) is 2.02. The van der Waals surface area contributed by atoms with Crippen LogP contribution in [-0.4, -0.2) is 5.11 Å². The number of aryl methyl sites for hydroxylation is 2. The van der Waals surface area contributed by atoms with Crippen molar-refractivity contribution in [3.8, 4) is 0 Å². The molecule has 0 heterocycles. The summed E-state index contributed by atoms with van der Waals surface area (Å²) in [6.07, 6.45) is -1.08. The summed E-state index contributed by atoms with van der Waals surface area (Å²) in [5.41, 5.74) is 2.67. The smallest absolute Gasteiger partial charge is 0.132 e. The Kier molecular flexibility index (Phi) is 3.43. The van der Waals surface area contributed by atoms with E-state index in [1.165, 1.54) is 6.07 Å². The van der Waals surface area contributed by atoms with Crippen molar-refractivity contribution < 1.29 is 13.9 Å². The summed E-state index contributed by atoms with van der Waals surface area (Å²) in [6, 6.07) is 8.73. The highest BCUT2D eigenvalue weighted by Crippen LogP contribution is 2.27. The van der Waals surface area contributed by atoms with E-state index in [1.807, 2.05) is 26.0 Å². The van der Waals surface area contributed by atoms with Crippen LogP contribution < -0.4 is 0 Å². The third-order valence-corrected chi connectivity index (χ3v) is 2.98. The molecule has 3 heteroatoms. The summed E-state index contributed by atoms with van der Waals surface area (Å²) < 4.78 is 26.4. The molecule has 2 aromatic carbocycles. The Morgan fingerprint density at radius 2 is 1.61 bits per heavy atom. The first-order valence-corrected chi connectivity index (χ1v) is 5.69. The van der Waals surface area contributed by atoms with Crippen LogP contribution >= 0.6 is 0 Å². The number of aliphatic hydroxyl groups excluding tert-OH is 1. The monoisotopic (exact) mass is 248 g/mol. The van der Waals surface area contributed by atoms with E-state index in [0.717, 1.165) is 23.3 Å². The van der Waals surface area contributed by atoms with Gasteiger partial charge in [-0.15, -0.1) is 0 Å². The minimum atomic E-state index is -1.08. The maximum atomic E-state index is 13.6. The average molecular weight is 248 g/mol. The van der Waals surface area contributed by atoms with E-state index in [4.69, 9.17) is 0 Å². The van der Waals surface area contributed by atoms with Crippen molar-refractivity contribution in [2.45, 2.75) is 20.0 Å².